The summed E-state index contributed by atoms with van der Waals surface area (Å²) < 4.78 is 2.06. The molecule has 0 spiro atoms. The number of nitrogens with zero attached hydrogens (tertiary/aromatic N) is 4. The maximum absolute atomic E-state index is 12.9. The maximum atomic E-state index is 12.9. The topological polar surface area (TPSA) is 61.6 Å². The Bertz CT molecular complexity index is 848. The van der Waals surface area contributed by atoms with E-state index in [4.69, 9.17) is 0 Å². The van der Waals surface area contributed by atoms with Crippen LogP contribution < -0.4 is 0 Å². The third-order valence-electron chi connectivity index (χ3n) is 5.98. The zero-order valence-electron chi connectivity index (χ0n) is 16.4. The van der Waals surface area contributed by atoms with Gasteiger partial charge in [0.25, 0.3) is 0 Å². The van der Waals surface area contributed by atoms with Crippen LogP contribution in [-0.4, -0.2) is 56.5 Å². The van der Waals surface area contributed by atoms with Crippen molar-refractivity contribution in [1.29, 1.82) is 0 Å². The minimum atomic E-state index is 0.140. The number of benzene rings is 1. The van der Waals surface area contributed by atoms with E-state index in [1.54, 1.807) is 12.1 Å². The van der Waals surface area contributed by atoms with Crippen LogP contribution in [0.25, 0.3) is 5.57 Å². The molecule has 1 aromatic carbocycles. The second-order valence-corrected chi connectivity index (χ2v) is 7.82. The van der Waals surface area contributed by atoms with Gasteiger partial charge in [-0.25, -0.2) is 4.98 Å². The molecule has 1 fully saturated rings. The fourth-order valence-electron chi connectivity index (χ4n) is 4.15. The summed E-state index contributed by atoms with van der Waals surface area (Å²) in [7, 11) is 2.02. The Hall–Kier alpha value is -2.60. The van der Waals surface area contributed by atoms with Crippen molar-refractivity contribution < 1.29 is 9.90 Å². The number of phenols is 1. The maximum Gasteiger partial charge on any atom is 0.226 e. The Morgan fingerprint density at radius 3 is 2.54 bits per heavy atom. The summed E-state index contributed by atoms with van der Waals surface area (Å²) in [6.45, 7) is 4.21. The van der Waals surface area contributed by atoms with Crippen LogP contribution in [0, 0.1) is 5.92 Å². The molecule has 1 aromatic heterocycles. The number of aryl methyl sites for hydroxylation is 1. The first kappa shape index (κ1) is 18.7. The number of amides is 1. The Labute approximate surface area is 166 Å². The van der Waals surface area contributed by atoms with E-state index >= 15 is 0 Å². The molecular weight excluding hydrogens is 352 g/mol. The number of aromatic hydroxyl groups is 1. The molecule has 2 aliphatic rings. The minimum Gasteiger partial charge on any atom is -0.508 e. The fourth-order valence-corrected chi connectivity index (χ4v) is 4.15. The van der Waals surface area contributed by atoms with E-state index in [2.05, 4.69) is 20.5 Å². The van der Waals surface area contributed by atoms with Gasteiger partial charge < -0.3 is 14.6 Å². The Morgan fingerprint density at radius 2 is 1.93 bits per heavy atom. The molecule has 0 saturated carbocycles. The molecular formula is C22H28N4O2. The van der Waals surface area contributed by atoms with Gasteiger partial charge >= 0.3 is 0 Å². The van der Waals surface area contributed by atoms with E-state index in [0.717, 1.165) is 56.8 Å². The Morgan fingerprint density at radius 1 is 1.18 bits per heavy atom. The minimum absolute atomic E-state index is 0.140. The summed E-state index contributed by atoms with van der Waals surface area (Å²) in [5, 5.41) is 9.44. The summed E-state index contributed by atoms with van der Waals surface area (Å²) in [4.78, 5) is 21.7. The number of piperidine rings is 1. The number of phenolic OH excluding ortho intramolecular Hbond substituents is 1. The number of carbonyl (C=O) groups is 1. The molecule has 2 aromatic rings. The summed E-state index contributed by atoms with van der Waals surface area (Å²) in [5.74, 6) is 1.80. The predicted octanol–water partition coefficient (Wildman–Crippen LogP) is 2.65. The van der Waals surface area contributed by atoms with Gasteiger partial charge in [0.05, 0.1) is 6.54 Å². The zero-order chi connectivity index (χ0) is 19.5. The summed E-state index contributed by atoms with van der Waals surface area (Å²) in [6.07, 6.45) is 8.69. The number of aromatic nitrogens is 2. The molecule has 0 radical (unpaired) electrons. The standard InChI is InChI=1S/C22H28N4O2/c1-24-15-10-23-21(24)16-25-11-6-19(7-12-25)22(28)26-13-8-18(9-14-26)17-2-4-20(27)5-3-17/h2-5,8,10,15,19,27H,6-7,9,11-14,16H2,1H3. The number of likely N-dealkylation sites (tertiary alicyclic amines) is 1. The van der Waals surface area contributed by atoms with E-state index < -0.39 is 0 Å². The van der Waals surface area contributed by atoms with Gasteiger partial charge in [-0.2, -0.15) is 0 Å². The smallest absolute Gasteiger partial charge is 0.226 e. The van der Waals surface area contributed by atoms with E-state index in [1.807, 2.05) is 36.5 Å². The average Bonchev–Trinajstić information content (AvgIpc) is 3.13. The van der Waals surface area contributed by atoms with E-state index in [9.17, 15) is 9.90 Å². The second kappa shape index (κ2) is 8.19. The van der Waals surface area contributed by atoms with Crippen LogP contribution in [0.2, 0.25) is 0 Å². The first-order valence-electron chi connectivity index (χ1n) is 10.1. The quantitative estimate of drug-likeness (QED) is 0.886. The predicted molar refractivity (Wildman–Crippen MR) is 108 cm³/mol. The number of rotatable bonds is 4. The van der Waals surface area contributed by atoms with Gasteiger partial charge in [0.2, 0.25) is 5.91 Å². The van der Waals surface area contributed by atoms with E-state index in [-0.39, 0.29) is 11.7 Å². The van der Waals surface area contributed by atoms with Gasteiger partial charge in [-0.3, -0.25) is 9.69 Å². The molecule has 0 aliphatic carbocycles. The average molecular weight is 380 g/mol. The van der Waals surface area contributed by atoms with Crippen molar-refractivity contribution in [2.24, 2.45) is 13.0 Å². The second-order valence-electron chi connectivity index (χ2n) is 7.82. The largest absolute Gasteiger partial charge is 0.508 e. The lowest BCUT2D eigenvalue weighted by atomic mass is 9.93. The highest BCUT2D eigenvalue weighted by molar-refractivity contribution is 5.80. The third kappa shape index (κ3) is 4.12. The van der Waals surface area contributed by atoms with Crippen LogP contribution in [0.5, 0.6) is 5.75 Å². The molecule has 2 aliphatic heterocycles. The summed E-state index contributed by atoms with van der Waals surface area (Å²) in [6, 6.07) is 7.31. The molecule has 1 saturated heterocycles. The lowest BCUT2D eigenvalue weighted by Crippen LogP contribution is -2.43. The van der Waals surface area contributed by atoms with Crippen LogP contribution in [0.3, 0.4) is 0 Å². The molecule has 6 nitrogen and oxygen atoms in total. The highest BCUT2D eigenvalue weighted by Gasteiger charge is 2.29. The van der Waals surface area contributed by atoms with Crippen molar-refractivity contribution in [3.05, 3.63) is 54.1 Å². The monoisotopic (exact) mass is 380 g/mol. The van der Waals surface area contributed by atoms with Crippen molar-refractivity contribution in [3.8, 4) is 5.75 Å². The third-order valence-corrected chi connectivity index (χ3v) is 5.98. The molecule has 3 heterocycles. The number of hydrogen-bond acceptors (Lipinski definition) is 4. The van der Waals surface area contributed by atoms with Gasteiger partial charge in [-0.1, -0.05) is 18.2 Å². The molecule has 4 rings (SSSR count). The Kier molecular flexibility index (Phi) is 5.48. The summed E-state index contributed by atoms with van der Waals surface area (Å²) >= 11 is 0. The number of carbonyl (C=O) groups excluding carboxylic acids is 1. The molecule has 148 valence electrons. The zero-order valence-corrected chi connectivity index (χ0v) is 16.4. The van der Waals surface area contributed by atoms with Crippen molar-refractivity contribution in [3.63, 3.8) is 0 Å². The molecule has 0 unspecified atom stereocenters. The van der Waals surface area contributed by atoms with Crippen molar-refractivity contribution in [2.45, 2.75) is 25.8 Å². The lowest BCUT2D eigenvalue weighted by Gasteiger charge is -2.35. The molecule has 1 N–H and O–H groups in total. The normalized spacial score (nSPS) is 18.9. The molecule has 1 amide bonds. The van der Waals surface area contributed by atoms with Gasteiger partial charge in [0, 0.05) is 38.4 Å². The molecule has 0 atom stereocenters. The van der Waals surface area contributed by atoms with Crippen LogP contribution in [-0.2, 0) is 18.4 Å². The fraction of sp³-hybridized carbons (Fsp3) is 0.455. The molecule has 6 heteroatoms. The first-order chi connectivity index (χ1) is 13.6. The van der Waals surface area contributed by atoms with Gasteiger partial charge in [-0.15, -0.1) is 0 Å². The SMILES string of the molecule is Cn1ccnc1CN1CCC(C(=O)N2CC=C(c3ccc(O)cc3)CC2)CC1. The number of imidazole rings is 1. The van der Waals surface area contributed by atoms with Crippen LogP contribution in [0.4, 0.5) is 0 Å². The first-order valence-corrected chi connectivity index (χ1v) is 10.1. The number of hydrogen-bond donors (Lipinski definition) is 1. The van der Waals surface area contributed by atoms with Crippen molar-refractivity contribution >= 4 is 11.5 Å². The van der Waals surface area contributed by atoms with Crippen LogP contribution >= 0.6 is 0 Å². The van der Waals surface area contributed by atoms with E-state index in [1.165, 1.54) is 5.57 Å². The highest BCUT2D eigenvalue weighted by atomic mass is 16.3. The highest BCUT2D eigenvalue weighted by Crippen LogP contribution is 2.27. The lowest BCUT2D eigenvalue weighted by molar-refractivity contribution is -0.136. The summed E-state index contributed by atoms with van der Waals surface area (Å²) in [5.41, 5.74) is 2.39. The van der Waals surface area contributed by atoms with E-state index in [0.29, 0.717) is 12.5 Å². The van der Waals surface area contributed by atoms with Crippen molar-refractivity contribution in [2.75, 3.05) is 26.2 Å². The molecule has 0 bridgehead atoms. The van der Waals surface area contributed by atoms with Crippen LogP contribution in [0.15, 0.2) is 42.7 Å². The van der Waals surface area contributed by atoms with Gasteiger partial charge in [0.15, 0.2) is 0 Å². The van der Waals surface area contributed by atoms with Crippen molar-refractivity contribution in [1.82, 2.24) is 19.4 Å². The van der Waals surface area contributed by atoms with Gasteiger partial charge in [-0.05, 0) is 55.6 Å². The van der Waals surface area contributed by atoms with Crippen LogP contribution in [0.1, 0.15) is 30.7 Å². The van der Waals surface area contributed by atoms with Gasteiger partial charge in [0.1, 0.15) is 11.6 Å². The molecule has 28 heavy (non-hydrogen) atoms. The Balaban J connectivity index is 1.29.